The molecule has 2 atom stereocenters. The highest BCUT2D eigenvalue weighted by Crippen LogP contribution is 2.40. The molecule has 0 spiro atoms. The molecule has 1 aliphatic carbocycles. The molecule has 1 saturated carbocycles. The zero-order valence-corrected chi connectivity index (χ0v) is 18.0. The van der Waals surface area contributed by atoms with Gasteiger partial charge in [-0.1, -0.05) is 0 Å². The minimum Gasteiger partial charge on any atom is -0.323 e. The predicted molar refractivity (Wildman–Crippen MR) is 112 cm³/mol. The molecule has 1 fully saturated rings. The van der Waals surface area contributed by atoms with Crippen LogP contribution in [-0.4, -0.2) is 41.5 Å². The lowest BCUT2D eigenvalue weighted by Crippen LogP contribution is -2.30. The summed E-state index contributed by atoms with van der Waals surface area (Å²) in [6, 6.07) is -2.04. The lowest BCUT2D eigenvalue weighted by Gasteiger charge is -2.28. The van der Waals surface area contributed by atoms with Crippen molar-refractivity contribution in [2.24, 2.45) is 0 Å². The van der Waals surface area contributed by atoms with Gasteiger partial charge in [-0.15, -0.1) is 21.5 Å². The molecule has 0 saturated heterocycles. The highest BCUT2D eigenvalue weighted by molar-refractivity contribution is 7.13. The van der Waals surface area contributed by atoms with Crippen molar-refractivity contribution in [3.8, 4) is 10.8 Å². The summed E-state index contributed by atoms with van der Waals surface area (Å²) in [5.41, 5.74) is 1.37. The van der Waals surface area contributed by atoms with Crippen molar-refractivity contribution in [3.05, 3.63) is 48.0 Å². The van der Waals surface area contributed by atoms with E-state index in [0.29, 0.717) is 17.4 Å². The lowest BCUT2D eigenvalue weighted by atomic mass is 10.1. The Morgan fingerprint density at radius 3 is 2.72 bits per heavy atom. The van der Waals surface area contributed by atoms with Crippen LogP contribution >= 0.6 is 11.3 Å². The van der Waals surface area contributed by atoms with E-state index in [4.69, 9.17) is 0 Å². The monoisotopic (exact) mass is 465 g/mol. The summed E-state index contributed by atoms with van der Waals surface area (Å²) in [7, 11) is 0. The first kappa shape index (κ1) is 20.9. The Hall–Kier alpha value is -3.02. The molecule has 0 amide bonds. The number of alkyl halides is 3. The zero-order valence-electron chi connectivity index (χ0n) is 17.2. The molecule has 0 aromatic carbocycles. The van der Waals surface area contributed by atoms with Gasteiger partial charge in [-0.2, -0.15) is 13.2 Å². The van der Waals surface area contributed by atoms with Crippen LogP contribution in [0.15, 0.2) is 42.3 Å². The molecule has 1 unspecified atom stereocenters. The molecule has 4 heterocycles. The third-order valence-corrected chi connectivity index (χ3v) is 6.45. The molecule has 0 bridgehead atoms. The predicted octanol–water partition coefficient (Wildman–Crippen LogP) is 5.16. The summed E-state index contributed by atoms with van der Waals surface area (Å²) in [5, 5.41) is 9.37. The van der Waals surface area contributed by atoms with Gasteiger partial charge in [-0.3, -0.25) is 4.57 Å². The second-order valence-corrected chi connectivity index (χ2v) is 8.81. The quantitative estimate of drug-likeness (QED) is 0.487. The fourth-order valence-corrected chi connectivity index (χ4v) is 4.35. The van der Waals surface area contributed by atoms with Crippen LogP contribution in [0.2, 0.25) is 0 Å². The maximum Gasteiger partial charge on any atom is 0.408 e. The second-order valence-electron chi connectivity index (χ2n) is 7.95. The largest absolute Gasteiger partial charge is 0.408 e. The molecule has 7 nitrogen and oxygen atoms in total. The maximum absolute atomic E-state index is 15.0. The Balaban J connectivity index is 1.40. The van der Waals surface area contributed by atoms with Crippen LogP contribution in [0.25, 0.3) is 16.5 Å². The molecule has 2 aliphatic rings. The number of rotatable bonds is 5. The number of hydrogen-bond acceptors (Lipinski definition) is 6. The molecule has 1 aliphatic heterocycles. The van der Waals surface area contributed by atoms with Crippen molar-refractivity contribution in [2.45, 2.75) is 50.9 Å². The van der Waals surface area contributed by atoms with Crippen LogP contribution < -0.4 is 4.90 Å². The molecule has 3 aromatic rings. The lowest BCUT2D eigenvalue weighted by molar-refractivity contribution is -0.162. The molecule has 0 N–H and O–H groups in total. The number of halogens is 4. The molecular formula is C20H19F4N7S. The molecule has 12 heteroatoms. The fraction of sp³-hybridized carbons (Fsp3) is 0.400. The molecule has 3 aromatic heterocycles. The van der Waals surface area contributed by atoms with Gasteiger partial charge in [0.05, 0.1) is 23.8 Å². The van der Waals surface area contributed by atoms with Gasteiger partial charge < -0.3 is 9.47 Å². The molecule has 168 valence electrons. The topological polar surface area (TPSA) is 64.7 Å². The normalized spacial score (nSPS) is 20.3. The third kappa shape index (κ3) is 3.72. The Morgan fingerprint density at radius 2 is 2.00 bits per heavy atom. The third-order valence-electron chi connectivity index (χ3n) is 5.62. The van der Waals surface area contributed by atoms with Crippen LogP contribution in [0.3, 0.4) is 0 Å². The van der Waals surface area contributed by atoms with E-state index in [1.54, 1.807) is 27.3 Å². The zero-order chi connectivity index (χ0) is 22.6. The first-order valence-corrected chi connectivity index (χ1v) is 10.9. The van der Waals surface area contributed by atoms with E-state index in [9.17, 15) is 17.6 Å². The van der Waals surface area contributed by atoms with E-state index in [2.05, 4.69) is 20.2 Å². The molecule has 5 rings (SSSR count). The van der Waals surface area contributed by atoms with Gasteiger partial charge in [-0.05, 0) is 32.8 Å². The number of allylic oxidation sites excluding steroid dienone is 2. The van der Waals surface area contributed by atoms with Gasteiger partial charge in [0, 0.05) is 23.7 Å². The highest BCUT2D eigenvalue weighted by Gasteiger charge is 2.39. The van der Waals surface area contributed by atoms with Gasteiger partial charge in [0.2, 0.25) is 0 Å². The smallest absolute Gasteiger partial charge is 0.323 e. The Kier molecular flexibility index (Phi) is 4.91. The Labute approximate surface area is 184 Å². The summed E-state index contributed by atoms with van der Waals surface area (Å²) in [6.45, 7) is 2.91. The van der Waals surface area contributed by atoms with Crippen LogP contribution in [0.4, 0.5) is 23.4 Å². The van der Waals surface area contributed by atoms with E-state index < -0.39 is 18.0 Å². The number of anilines is 1. The van der Waals surface area contributed by atoms with Crippen molar-refractivity contribution >= 4 is 22.9 Å². The summed E-state index contributed by atoms with van der Waals surface area (Å²) in [5.74, 6) is 0.451. The number of thiazole rings is 1. The fourth-order valence-electron chi connectivity index (χ4n) is 3.56. The first-order chi connectivity index (χ1) is 15.2. The van der Waals surface area contributed by atoms with E-state index in [-0.39, 0.29) is 16.9 Å². The standard InChI is InChI=1S/C20H19F4N7S/c1-11-5-16(29-7-15(25-9-29)13-3-4-13)14(21)6-30(11)17-8-32-19(27-17)18-28-26-10-31(18)12(2)20(22,23)24/h5-13H,3-4H2,1-2H3/t11-,12?/m0/s1. The summed E-state index contributed by atoms with van der Waals surface area (Å²) in [6.07, 6.45) is 5.39. The number of aromatic nitrogens is 6. The van der Waals surface area contributed by atoms with E-state index >= 15 is 0 Å². The van der Waals surface area contributed by atoms with Crippen LogP contribution in [0.5, 0.6) is 0 Å². The van der Waals surface area contributed by atoms with Crippen LogP contribution in [0.1, 0.15) is 44.3 Å². The molecule has 32 heavy (non-hydrogen) atoms. The van der Waals surface area contributed by atoms with Crippen molar-refractivity contribution in [2.75, 3.05) is 4.90 Å². The maximum atomic E-state index is 15.0. The Bertz CT molecular complexity index is 1200. The van der Waals surface area contributed by atoms with Crippen molar-refractivity contribution in [1.29, 1.82) is 0 Å². The molecular weight excluding hydrogens is 446 g/mol. The minimum atomic E-state index is -4.45. The first-order valence-electron chi connectivity index (χ1n) is 10.1. The van der Waals surface area contributed by atoms with Crippen molar-refractivity contribution in [3.63, 3.8) is 0 Å². The number of imidazole rings is 1. The SMILES string of the molecule is CC(n1cnnc1-c1nc(N2C=C(F)C(n3cnc(C4CC4)c3)=C[C@@H]2C)cs1)C(F)(F)F. The second kappa shape index (κ2) is 7.54. The number of hydrogen-bond donors (Lipinski definition) is 0. The van der Waals surface area contributed by atoms with Crippen LogP contribution in [-0.2, 0) is 0 Å². The highest BCUT2D eigenvalue weighted by atomic mass is 32.1. The van der Waals surface area contributed by atoms with E-state index in [1.165, 1.54) is 6.20 Å². The van der Waals surface area contributed by atoms with Gasteiger partial charge in [-0.25, -0.2) is 14.4 Å². The van der Waals surface area contributed by atoms with Crippen molar-refractivity contribution < 1.29 is 17.6 Å². The Morgan fingerprint density at radius 1 is 1.22 bits per heavy atom. The average Bonchev–Trinajstić information content (AvgIpc) is 3.14. The van der Waals surface area contributed by atoms with Crippen LogP contribution in [0, 0.1) is 0 Å². The minimum absolute atomic E-state index is 0.0161. The van der Waals surface area contributed by atoms with Crippen molar-refractivity contribution in [1.82, 2.24) is 29.3 Å². The van der Waals surface area contributed by atoms with E-state index in [0.717, 1.165) is 47.7 Å². The summed E-state index contributed by atoms with van der Waals surface area (Å²) < 4.78 is 57.1. The van der Waals surface area contributed by atoms with Gasteiger partial charge in [0.1, 0.15) is 18.2 Å². The van der Waals surface area contributed by atoms with E-state index in [1.807, 2.05) is 13.1 Å². The molecule has 0 radical (unpaired) electrons. The summed E-state index contributed by atoms with van der Waals surface area (Å²) in [4.78, 5) is 10.4. The van der Waals surface area contributed by atoms with Gasteiger partial charge >= 0.3 is 6.18 Å². The van der Waals surface area contributed by atoms with Gasteiger partial charge in [0.25, 0.3) is 0 Å². The van der Waals surface area contributed by atoms with Gasteiger partial charge in [0.15, 0.2) is 16.7 Å². The number of nitrogens with zero attached hydrogens (tertiary/aromatic N) is 7. The average molecular weight is 465 g/mol. The summed E-state index contributed by atoms with van der Waals surface area (Å²) >= 11 is 1.13.